The molecule has 1 rings (SSSR count). The van der Waals surface area contributed by atoms with Gasteiger partial charge in [0, 0.05) is 16.0 Å². The maximum atomic E-state index is 12.0. The van der Waals surface area contributed by atoms with E-state index in [-0.39, 0.29) is 23.1 Å². The van der Waals surface area contributed by atoms with Gasteiger partial charge in [-0.3, -0.25) is 4.79 Å². The van der Waals surface area contributed by atoms with Crippen molar-refractivity contribution in [2.75, 3.05) is 6.26 Å². The van der Waals surface area contributed by atoms with Gasteiger partial charge in [0.2, 0.25) is 5.91 Å². The van der Waals surface area contributed by atoms with E-state index in [0.29, 0.717) is 0 Å². The van der Waals surface area contributed by atoms with Crippen molar-refractivity contribution in [2.24, 2.45) is 0 Å². The van der Waals surface area contributed by atoms with Crippen LogP contribution >= 0.6 is 11.8 Å². The molecule has 108 valence electrons. The summed E-state index contributed by atoms with van der Waals surface area (Å²) < 4.78 is 0. The van der Waals surface area contributed by atoms with E-state index in [1.807, 2.05) is 37.4 Å². The van der Waals surface area contributed by atoms with Gasteiger partial charge in [0.05, 0.1) is 6.04 Å². The van der Waals surface area contributed by atoms with Gasteiger partial charge in [0.1, 0.15) is 0 Å². The normalized spacial score (nSPS) is 13.4. The van der Waals surface area contributed by atoms with E-state index in [4.69, 9.17) is 5.11 Å². The Labute approximate surface area is 123 Å². The smallest absolute Gasteiger partial charge is 0.331 e. The molecule has 0 aliphatic rings. The second-order valence-corrected chi connectivity index (χ2v) is 5.40. The van der Waals surface area contributed by atoms with Gasteiger partial charge in [-0.2, -0.15) is 0 Å². The Morgan fingerprint density at radius 2 is 1.70 bits per heavy atom. The lowest BCUT2D eigenvalue weighted by Crippen LogP contribution is -2.28. The van der Waals surface area contributed by atoms with Crippen molar-refractivity contribution < 1.29 is 14.7 Å². The molecule has 0 aromatic heterocycles. The molecule has 4 nitrogen and oxygen atoms in total. The Bertz CT molecular complexity index is 535. The Balaban J connectivity index is 2.79. The zero-order valence-electron chi connectivity index (χ0n) is 12.1. The van der Waals surface area contributed by atoms with Crippen LogP contribution in [-0.4, -0.2) is 23.2 Å². The molecular formula is C15H19NO3S. The van der Waals surface area contributed by atoms with Gasteiger partial charge in [-0.15, -0.1) is 11.8 Å². The minimum Gasteiger partial charge on any atom is -0.478 e. The van der Waals surface area contributed by atoms with Crippen molar-refractivity contribution in [3.05, 3.63) is 41.0 Å². The van der Waals surface area contributed by atoms with Crippen molar-refractivity contribution in [2.45, 2.75) is 31.7 Å². The third-order valence-electron chi connectivity index (χ3n) is 3.19. The second-order valence-electron chi connectivity index (χ2n) is 4.52. The van der Waals surface area contributed by atoms with Crippen molar-refractivity contribution in [1.29, 1.82) is 0 Å². The minimum atomic E-state index is -1.07. The summed E-state index contributed by atoms with van der Waals surface area (Å²) in [5, 5.41) is 11.7. The number of carbonyl (C=O) groups excluding carboxylic acids is 1. The van der Waals surface area contributed by atoms with Crippen LogP contribution in [0.15, 0.2) is 40.3 Å². The fourth-order valence-corrected chi connectivity index (χ4v) is 2.02. The highest BCUT2D eigenvalue weighted by molar-refractivity contribution is 7.98. The monoisotopic (exact) mass is 293 g/mol. The van der Waals surface area contributed by atoms with E-state index in [0.717, 1.165) is 10.5 Å². The van der Waals surface area contributed by atoms with Crippen LogP contribution in [0, 0.1) is 0 Å². The first-order valence-corrected chi connectivity index (χ1v) is 7.45. The summed E-state index contributed by atoms with van der Waals surface area (Å²) in [6.07, 6.45) is 2.00. The quantitative estimate of drug-likeness (QED) is 0.647. The van der Waals surface area contributed by atoms with E-state index in [2.05, 4.69) is 5.32 Å². The van der Waals surface area contributed by atoms with Gasteiger partial charge >= 0.3 is 5.97 Å². The number of benzene rings is 1. The number of amides is 1. The van der Waals surface area contributed by atoms with Crippen LogP contribution in [0.4, 0.5) is 0 Å². The third-order valence-corrected chi connectivity index (χ3v) is 3.93. The maximum Gasteiger partial charge on any atom is 0.331 e. The molecule has 1 atom stereocenters. The average Bonchev–Trinajstić information content (AvgIpc) is 2.45. The lowest BCUT2D eigenvalue weighted by Gasteiger charge is -2.15. The maximum absolute atomic E-state index is 12.0. The summed E-state index contributed by atoms with van der Waals surface area (Å²) in [6, 6.07) is 7.73. The number of nitrogens with one attached hydrogen (secondary N) is 1. The molecule has 5 heteroatoms. The van der Waals surface area contributed by atoms with Crippen LogP contribution in [0.2, 0.25) is 0 Å². The summed E-state index contributed by atoms with van der Waals surface area (Å²) in [4.78, 5) is 23.9. The third kappa shape index (κ3) is 4.13. The lowest BCUT2D eigenvalue weighted by atomic mass is 10.1. The fraction of sp³-hybridized carbons (Fsp3) is 0.333. The Morgan fingerprint density at radius 3 is 2.15 bits per heavy atom. The standard InChI is InChI=1S/C15H19NO3S/c1-9(10(2)15(18)19)14(17)16-11(3)12-5-7-13(20-4)8-6-12/h5-8,11H,1-4H3,(H,16,17)(H,18,19). The summed E-state index contributed by atoms with van der Waals surface area (Å²) in [5.74, 6) is -1.43. The summed E-state index contributed by atoms with van der Waals surface area (Å²) >= 11 is 1.66. The largest absolute Gasteiger partial charge is 0.478 e. The average molecular weight is 293 g/mol. The minimum absolute atomic E-state index is 0.0624. The Kier molecular flexibility index (Phi) is 5.82. The van der Waals surface area contributed by atoms with Gasteiger partial charge < -0.3 is 10.4 Å². The summed E-state index contributed by atoms with van der Waals surface area (Å²) in [6.45, 7) is 4.81. The van der Waals surface area contributed by atoms with Crippen LogP contribution in [0.3, 0.4) is 0 Å². The van der Waals surface area contributed by atoms with E-state index in [1.165, 1.54) is 13.8 Å². The number of hydrogen-bond donors (Lipinski definition) is 2. The van der Waals surface area contributed by atoms with Crippen LogP contribution in [-0.2, 0) is 9.59 Å². The first kappa shape index (κ1) is 16.3. The number of carbonyl (C=O) groups is 2. The van der Waals surface area contributed by atoms with E-state index in [9.17, 15) is 9.59 Å². The number of hydrogen-bond acceptors (Lipinski definition) is 3. The summed E-state index contributed by atoms with van der Waals surface area (Å²) in [7, 11) is 0. The zero-order chi connectivity index (χ0) is 15.3. The molecule has 0 saturated heterocycles. The van der Waals surface area contributed by atoms with Crippen molar-refractivity contribution in [3.63, 3.8) is 0 Å². The van der Waals surface area contributed by atoms with Gasteiger partial charge in [-0.05, 0) is 44.7 Å². The predicted molar refractivity (Wildman–Crippen MR) is 80.8 cm³/mol. The molecule has 1 aromatic carbocycles. The van der Waals surface area contributed by atoms with Crippen LogP contribution in [0.5, 0.6) is 0 Å². The SMILES string of the molecule is CSc1ccc(C(C)NC(=O)C(C)=C(C)C(=O)O)cc1. The van der Waals surface area contributed by atoms with Crippen LogP contribution in [0.25, 0.3) is 0 Å². The number of rotatable bonds is 5. The molecule has 0 saturated carbocycles. The van der Waals surface area contributed by atoms with E-state index >= 15 is 0 Å². The Morgan fingerprint density at radius 1 is 1.15 bits per heavy atom. The number of carboxylic acids is 1. The van der Waals surface area contributed by atoms with Crippen molar-refractivity contribution in [1.82, 2.24) is 5.32 Å². The first-order chi connectivity index (χ1) is 9.36. The highest BCUT2D eigenvalue weighted by atomic mass is 32.2. The molecule has 0 aliphatic heterocycles. The van der Waals surface area contributed by atoms with Gasteiger partial charge in [0.25, 0.3) is 0 Å². The number of aliphatic carboxylic acids is 1. The fourth-order valence-electron chi connectivity index (χ4n) is 1.61. The molecule has 0 radical (unpaired) electrons. The molecule has 0 spiro atoms. The molecule has 1 unspecified atom stereocenters. The topological polar surface area (TPSA) is 66.4 Å². The predicted octanol–water partition coefficient (Wildman–Crippen LogP) is 3.01. The molecule has 2 N–H and O–H groups in total. The second kappa shape index (κ2) is 7.14. The highest BCUT2D eigenvalue weighted by Gasteiger charge is 2.15. The van der Waals surface area contributed by atoms with Crippen molar-refractivity contribution in [3.8, 4) is 0 Å². The van der Waals surface area contributed by atoms with Gasteiger partial charge in [0.15, 0.2) is 0 Å². The molecule has 1 amide bonds. The lowest BCUT2D eigenvalue weighted by molar-refractivity contribution is -0.133. The van der Waals surface area contributed by atoms with Gasteiger partial charge in [-0.25, -0.2) is 4.79 Å². The van der Waals surface area contributed by atoms with E-state index in [1.54, 1.807) is 11.8 Å². The first-order valence-electron chi connectivity index (χ1n) is 6.22. The zero-order valence-corrected chi connectivity index (χ0v) is 12.9. The molecular weight excluding hydrogens is 274 g/mol. The molecule has 0 heterocycles. The Hall–Kier alpha value is -1.75. The van der Waals surface area contributed by atoms with Gasteiger partial charge in [-0.1, -0.05) is 12.1 Å². The highest BCUT2D eigenvalue weighted by Crippen LogP contribution is 2.19. The number of thioether (sulfide) groups is 1. The molecule has 20 heavy (non-hydrogen) atoms. The molecule has 0 bridgehead atoms. The van der Waals surface area contributed by atoms with E-state index < -0.39 is 5.97 Å². The van der Waals surface area contributed by atoms with Crippen LogP contribution in [0.1, 0.15) is 32.4 Å². The molecule has 0 aliphatic carbocycles. The van der Waals surface area contributed by atoms with Crippen LogP contribution < -0.4 is 5.32 Å². The van der Waals surface area contributed by atoms with Crippen molar-refractivity contribution >= 4 is 23.6 Å². The molecule has 1 aromatic rings. The molecule has 0 fully saturated rings. The number of carboxylic acid groups (broad SMARTS) is 1. The summed E-state index contributed by atoms with van der Waals surface area (Å²) in [5.41, 5.74) is 1.27.